The topological polar surface area (TPSA) is 85.9 Å². The summed E-state index contributed by atoms with van der Waals surface area (Å²) in [4.78, 5) is 19.1. The fourth-order valence-electron chi connectivity index (χ4n) is 3.79. The smallest absolute Gasteiger partial charge is 0.281 e. The van der Waals surface area contributed by atoms with E-state index in [1.54, 1.807) is 12.4 Å². The van der Waals surface area contributed by atoms with Crippen LogP contribution in [0.5, 0.6) is 0 Å². The Bertz CT molecular complexity index is 938. The molecule has 1 fully saturated rings. The molecule has 1 aromatic carbocycles. The summed E-state index contributed by atoms with van der Waals surface area (Å²) < 4.78 is 28.0. The number of aromatic nitrogens is 1. The van der Waals surface area contributed by atoms with Crippen molar-refractivity contribution in [1.29, 1.82) is 0 Å². The maximum absolute atomic E-state index is 12.8. The van der Waals surface area contributed by atoms with Gasteiger partial charge in [0.2, 0.25) is 5.91 Å². The highest BCUT2D eigenvalue weighted by atomic mass is 32.2. The summed E-state index contributed by atoms with van der Waals surface area (Å²) in [5, 5.41) is 2.90. The predicted molar refractivity (Wildman–Crippen MR) is 120 cm³/mol. The van der Waals surface area contributed by atoms with Crippen LogP contribution in [0.1, 0.15) is 30.0 Å². The average molecular weight is 446 g/mol. The van der Waals surface area contributed by atoms with Crippen LogP contribution in [-0.4, -0.2) is 73.1 Å². The molecule has 1 aromatic heterocycles. The minimum absolute atomic E-state index is 0.0855. The first kappa shape index (κ1) is 23.3. The number of benzene rings is 1. The summed E-state index contributed by atoms with van der Waals surface area (Å²) >= 11 is 0. The maximum Gasteiger partial charge on any atom is 0.281 e. The van der Waals surface area contributed by atoms with Gasteiger partial charge in [0.25, 0.3) is 10.2 Å². The van der Waals surface area contributed by atoms with Crippen molar-refractivity contribution in [2.75, 3.05) is 40.3 Å². The molecule has 0 bridgehead atoms. The minimum atomic E-state index is -3.55. The van der Waals surface area contributed by atoms with Crippen LogP contribution >= 0.6 is 0 Å². The molecule has 1 N–H and O–H groups in total. The Morgan fingerprint density at radius 3 is 2.45 bits per heavy atom. The molecule has 1 atom stereocenters. The van der Waals surface area contributed by atoms with Gasteiger partial charge < -0.3 is 5.32 Å². The summed E-state index contributed by atoms with van der Waals surface area (Å²) in [5.41, 5.74) is 2.17. The van der Waals surface area contributed by atoms with E-state index in [0.717, 1.165) is 11.1 Å². The minimum Gasteiger partial charge on any atom is -0.355 e. The van der Waals surface area contributed by atoms with Gasteiger partial charge in [0.05, 0.1) is 0 Å². The Morgan fingerprint density at radius 1 is 1.06 bits per heavy atom. The van der Waals surface area contributed by atoms with Crippen LogP contribution in [-0.2, 0) is 21.5 Å². The molecule has 2 aromatic rings. The standard InChI is InChI=1S/C22H31N5O3S/c1-25(2)31(29,30)27-15-6-14-26(18-19-9-11-23-12-10-19)21(17-22(28)24-13-16-27)20-7-4-3-5-8-20/h3-5,7-12,21H,6,13-18H2,1-2H3,(H,24,28). The van der Waals surface area contributed by atoms with Crippen LogP contribution in [0.4, 0.5) is 0 Å². The molecular weight excluding hydrogens is 414 g/mol. The summed E-state index contributed by atoms with van der Waals surface area (Å²) in [6, 6.07) is 13.8. The number of amides is 1. The molecule has 1 saturated heterocycles. The largest absolute Gasteiger partial charge is 0.355 e. The third-order valence-electron chi connectivity index (χ3n) is 5.46. The van der Waals surface area contributed by atoms with Crippen LogP contribution in [0.25, 0.3) is 0 Å². The third kappa shape index (κ3) is 6.33. The lowest BCUT2D eigenvalue weighted by molar-refractivity contribution is -0.122. The van der Waals surface area contributed by atoms with E-state index in [1.165, 1.54) is 22.7 Å². The van der Waals surface area contributed by atoms with Crippen molar-refractivity contribution >= 4 is 16.1 Å². The summed E-state index contributed by atoms with van der Waals surface area (Å²) in [6.45, 7) is 2.25. The number of pyridine rings is 1. The first-order valence-electron chi connectivity index (χ1n) is 10.5. The molecule has 1 aliphatic rings. The number of hydrogen-bond acceptors (Lipinski definition) is 5. The second kappa shape index (κ2) is 10.8. The number of hydrogen-bond donors (Lipinski definition) is 1. The van der Waals surface area contributed by atoms with E-state index in [2.05, 4.69) is 15.2 Å². The molecule has 1 aliphatic heterocycles. The van der Waals surface area contributed by atoms with Gasteiger partial charge in [0.1, 0.15) is 0 Å². The van der Waals surface area contributed by atoms with Gasteiger partial charge in [-0.3, -0.25) is 14.7 Å². The van der Waals surface area contributed by atoms with Crippen molar-refractivity contribution in [3.8, 4) is 0 Å². The molecule has 0 aliphatic carbocycles. The fraction of sp³-hybridized carbons (Fsp3) is 0.455. The Kier molecular flexibility index (Phi) is 8.14. The van der Waals surface area contributed by atoms with Crippen LogP contribution in [0.3, 0.4) is 0 Å². The van der Waals surface area contributed by atoms with Gasteiger partial charge in [-0.15, -0.1) is 0 Å². The van der Waals surface area contributed by atoms with Crippen molar-refractivity contribution in [3.63, 3.8) is 0 Å². The number of carbonyl (C=O) groups excluding carboxylic acids is 1. The molecule has 31 heavy (non-hydrogen) atoms. The van der Waals surface area contributed by atoms with Crippen molar-refractivity contribution in [2.24, 2.45) is 0 Å². The predicted octanol–water partition coefficient (Wildman–Crippen LogP) is 1.64. The van der Waals surface area contributed by atoms with Gasteiger partial charge in [0.15, 0.2) is 0 Å². The van der Waals surface area contributed by atoms with E-state index >= 15 is 0 Å². The van der Waals surface area contributed by atoms with Crippen molar-refractivity contribution in [3.05, 3.63) is 66.0 Å². The highest BCUT2D eigenvalue weighted by Gasteiger charge is 2.28. The van der Waals surface area contributed by atoms with E-state index in [9.17, 15) is 13.2 Å². The van der Waals surface area contributed by atoms with Crippen molar-refractivity contribution in [1.82, 2.24) is 23.8 Å². The number of nitrogens with zero attached hydrogens (tertiary/aromatic N) is 4. The molecule has 1 amide bonds. The lowest BCUT2D eigenvalue weighted by Crippen LogP contribution is -2.44. The van der Waals surface area contributed by atoms with Crippen LogP contribution in [0.2, 0.25) is 0 Å². The van der Waals surface area contributed by atoms with Gasteiger partial charge in [-0.2, -0.15) is 17.0 Å². The van der Waals surface area contributed by atoms with Gasteiger partial charge in [-0.25, -0.2) is 0 Å². The van der Waals surface area contributed by atoms with Gasteiger partial charge in [0, 0.05) is 71.7 Å². The molecule has 3 rings (SSSR count). The number of nitrogens with one attached hydrogen (secondary N) is 1. The molecule has 0 saturated carbocycles. The second-order valence-corrected chi connectivity index (χ2v) is 9.99. The zero-order valence-corrected chi connectivity index (χ0v) is 19.0. The molecule has 0 radical (unpaired) electrons. The Hall–Kier alpha value is -2.33. The van der Waals surface area contributed by atoms with E-state index in [1.807, 2.05) is 42.5 Å². The lowest BCUT2D eigenvalue weighted by atomic mass is 10.0. The van der Waals surface area contributed by atoms with Gasteiger partial charge in [-0.1, -0.05) is 30.3 Å². The van der Waals surface area contributed by atoms with E-state index in [4.69, 9.17) is 0 Å². The lowest BCUT2D eigenvalue weighted by Gasteiger charge is -2.32. The first-order valence-corrected chi connectivity index (χ1v) is 11.9. The zero-order chi connectivity index (χ0) is 22.3. The monoisotopic (exact) mass is 445 g/mol. The summed E-state index contributed by atoms with van der Waals surface area (Å²) in [7, 11) is -0.495. The molecule has 8 nitrogen and oxygen atoms in total. The highest BCUT2D eigenvalue weighted by molar-refractivity contribution is 7.86. The summed E-state index contributed by atoms with van der Waals surface area (Å²) in [6.07, 6.45) is 4.50. The van der Waals surface area contributed by atoms with Crippen molar-refractivity contribution < 1.29 is 13.2 Å². The third-order valence-corrected chi connectivity index (χ3v) is 7.40. The van der Waals surface area contributed by atoms with Crippen LogP contribution < -0.4 is 5.32 Å². The Balaban J connectivity index is 1.89. The molecule has 168 valence electrons. The van der Waals surface area contributed by atoms with E-state index in [-0.39, 0.29) is 25.0 Å². The highest BCUT2D eigenvalue weighted by Crippen LogP contribution is 2.27. The molecular formula is C22H31N5O3S. The van der Waals surface area contributed by atoms with E-state index in [0.29, 0.717) is 32.5 Å². The van der Waals surface area contributed by atoms with Gasteiger partial charge >= 0.3 is 0 Å². The molecule has 0 spiro atoms. The molecule has 9 heteroatoms. The number of rotatable bonds is 5. The van der Waals surface area contributed by atoms with Crippen LogP contribution in [0, 0.1) is 0 Å². The average Bonchev–Trinajstić information content (AvgIpc) is 2.80. The normalized spacial score (nSPS) is 20.2. The molecule has 2 heterocycles. The number of carbonyl (C=O) groups is 1. The van der Waals surface area contributed by atoms with Gasteiger partial charge in [-0.05, 0) is 29.7 Å². The quantitative estimate of drug-likeness (QED) is 0.756. The summed E-state index contributed by atoms with van der Waals surface area (Å²) in [5.74, 6) is -0.0855. The SMILES string of the molecule is CN(C)S(=O)(=O)N1CCCN(Cc2ccncc2)C(c2ccccc2)CC(=O)NCC1. The molecule has 1 unspecified atom stereocenters. The Labute approximate surface area is 185 Å². The maximum atomic E-state index is 12.8. The van der Waals surface area contributed by atoms with Crippen molar-refractivity contribution in [2.45, 2.75) is 25.4 Å². The fourth-order valence-corrected chi connectivity index (χ4v) is 4.94. The first-order chi connectivity index (χ1) is 14.9. The van der Waals surface area contributed by atoms with Crippen LogP contribution in [0.15, 0.2) is 54.9 Å². The Morgan fingerprint density at radius 2 is 1.77 bits per heavy atom. The zero-order valence-electron chi connectivity index (χ0n) is 18.1. The van der Waals surface area contributed by atoms with E-state index < -0.39 is 10.2 Å². The second-order valence-electron chi connectivity index (χ2n) is 7.85.